The van der Waals surface area contributed by atoms with Crippen LogP contribution in [-0.2, 0) is 22.6 Å². The molecule has 0 aliphatic carbocycles. The molecule has 3 aromatic rings. The molecule has 3 aliphatic heterocycles. The van der Waals surface area contributed by atoms with Crippen molar-refractivity contribution in [3.63, 3.8) is 0 Å². The number of benzene rings is 2. The zero-order chi connectivity index (χ0) is 27.3. The molecule has 40 heavy (non-hydrogen) atoms. The zero-order valence-corrected chi connectivity index (χ0v) is 23.1. The molecule has 2 saturated heterocycles. The number of methoxy groups -OCH3 is 1. The smallest absolute Gasteiger partial charge is 0.320 e. The number of hydrogen-bond acceptors (Lipinski definition) is 9. The highest BCUT2D eigenvalue weighted by Crippen LogP contribution is 2.28. The number of aromatic nitrogens is 2. The van der Waals surface area contributed by atoms with Crippen LogP contribution in [0.25, 0.3) is 11.1 Å². The highest BCUT2D eigenvalue weighted by molar-refractivity contribution is 5.65. The van der Waals surface area contributed by atoms with Crippen LogP contribution < -0.4 is 20.4 Å². The maximum Gasteiger partial charge on any atom is 0.320 e. The number of likely N-dealkylation sites (tertiary alicyclic amines) is 1. The Hall–Kier alpha value is -3.53. The predicted octanol–water partition coefficient (Wildman–Crippen LogP) is 4.39. The molecule has 2 bridgehead atoms. The minimum absolute atomic E-state index is 0.0822. The average Bonchev–Trinajstić information content (AvgIpc) is 3.46. The minimum atomic E-state index is -0.480. The van der Waals surface area contributed by atoms with Crippen molar-refractivity contribution < 1.29 is 14.2 Å². The van der Waals surface area contributed by atoms with Crippen molar-refractivity contribution in [3.05, 3.63) is 71.2 Å². The molecule has 0 saturated carbocycles. The Labute approximate surface area is 235 Å². The molecule has 3 aliphatic rings. The van der Waals surface area contributed by atoms with E-state index in [1.165, 1.54) is 42.6 Å². The van der Waals surface area contributed by atoms with E-state index in [2.05, 4.69) is 63.7 Å². The topological polar surface area (TPSA) is 95.8 Å². The third kappa shape index (κ3) is 6.27. The second-order valence-corrected chi connectivity index (χ2v) is 10.9. The maximum atomic E-state index is 8.43. The molecule has 2 aromatic carbocycles. The molecule has 1 aromatic heterocycles. The van der Waals surface area contributed by atoms with Gasteiger partial charge in [-0.1, -0.05) is 42.5 Å². The van der Waals surface area contributed by atoms with E-state index in [0.717, 1.165) is 38.2 Å². The van der Waals surface area contributed by atoms with E-state index in [0.29, 0.717) is 30.6 Å². The number of hydrogen-bond donors (Lipinski definition) is 2. The lowest BCUT2D eigenvalue weighted by Gasteiger charge is -2.34. The Balaban J connectivity index is 1.18. The molecule has 2 N–H and O–H groups in total. The summed E-state index contributed by atoms with van der Waals surface area (Å²) in [7, 11) is 1.65. The van der Waals surface area contributed by atoms with Crippen molar-refractivity contribution in [2.24, 2.45) is 5.92 Å². The first-order chi connectivity index (χ1) is 19.6. The molecule has 4 heterocycles. The van der Waals surface area contributed by atoms with Gasteiger partial charge in [-0.3, -0.25) is 10.3 Å². The van der Waals surface area contributed by atoms with Gasteiger partial charge in [-0.05, 0) is 73.0 Å². The quantitative estimate of drug-likeness (QED) is 0.411. The number of rotatable bonds is 9. The minimum Gasteiger partial charge on any atom is -0.463 e. The summed E-state index contributed by atoms with van der Waals surface area (Å²) in [6, 6.07) is 19.6. The summed E-state index contributed by atoms with van der Waals surface area (Å²) in [6.45, 7) is 6.02. The monoisotopic (exact) mass is 542 g/mol. The number of fused-ring (bicyclic) bond motifs is 2. The Morgan fingerprint density at radius 1 is 0.950 bits per heavy atom. The zero-order valence-electron chi connectivity index (χ0n) is 23.1. The van der Waals surface area contributed by atoms with E-state index < -0.39 is 6.35 Å². The lowest BCUT2D eigenvalue weighted by atomic mass is 10.0. The van der Waals surface area contributed by atoms with Gasteiger partial charge in [0.15, 0.2) is 5.49 Å². The Morgan fingerprint density at radius 3 is 2.52 bits per heavy atom. The Bertz CT molecular complexity index is 1360. The van der Waals surface area contributed by atoms with Gasteiger partial charge in [-0.25, -0.2) is 0 Å². The summed E-state index contributed by atoms with van der Waals surface area (Å²) in [5, 5.41) is 11.7. The van der Waals surface area contributed by atoms with Crippen molar-refractivity contribution in [2.45, 2.75) is 45.1 Å². The average molecular weight is 543 g/mol. The molecule has 9 heteroatoms. The van der Waals surface area contributed by atoms with Gasteiger partial charge in [0.25, 0.3) is 0 Å². The SMILES string of the molecule is COC1Nc2cc(nc(OCC3CCOCC3)nc2=N)N1Cc1ccc(-c2cccc(CN3CCCC3)c2)cc1. The molecule has 9 nitrogen and oxygen atoms in total. The highest BCUT2D eigenvalue weighted by Gasteiger charge is 2.27. The first-order valence-electron chi connectivity index (χ1n) is 14.3. The van der Waals surface area contributed by atoms with Crippen molar-refractivity contribution in [1.29, 1.82) is 5.41 Å². The van der Waals surface area contributed by atoms with Gasteiger partial charge < -0.3 is 24.4 Å². The normalized spacial score (nSPS) is 19.4. The second kappa shape index (κ2) is 12.3. The summed E-state index contributed by atoms with van der Waals surface area (Å²) in [5.74, 6) is 1.07. The number of anilines is 2. The number of ether oxygens (including phenoxy) is 3. The van der Waals surface area contributed by atoms with Gasteiger partial charge in [0.1, 0.15) is 5.82 Å². The molecule has 0 amide bonds. The van der Waals surface area contributed by atoms with Crippen LogP contribution in [0.5, 0.6) is 6.01 Å². The van der Waals surface area contributed by atoms with Crippen LogP contribution in [0.2, 0.25) is 0 Å². The van der Waals surface area contributed by atoms with Crippen LogP contribution in [0.15, 0.2) is 54.6 Å². The molecule has 6 rings (SSSR count). The van der Waals surface area contributed by atoms with E-state index >= 15 is 0 Å². The summed E-state index contributed by atoms with van der Waals surface area (Å²) in [4.78, 5) is 13.6. The van der Waals surface area contributed by atoms with E-state index in [1.54, 1.807) is 7.11 Å². The molecule has 0 radical (unpaired) electrons. The lowest BCUT2D eigenvalue weighted by Crippen LogP contribution is -2.45. The van der Waals surface area contributed by atoms with Crippen LogP contribution in [0, 0.1) is 11.3 Å². The van der Waals surface area contributed by atoms with Crippen molar-refractivity contribution in [3.8, 4) is 17.1 Å². The number of nitrogens with one attached hydrogen (secondary N) is 2. The van der Waals surface area contributed by atoms with Gasteiger partial charge in [-0.2, -0.15) is 9.97 Å². The third-order valence-electron chi connectivity index (χ3n) is 7.99. The van der Waals surface area contributed by atoms with Gasteiger partial charge in [0.2, 0.25) is 6.35 Å². The largest absolute Gasteiger partial charge is 0.463 e. The second-order valence-electron chi connectivity index (χ2n) is 10.9. The van der Waals surface area contributed by atoms with E-state index in [1.807, 2.05) is 11.0 Å². The Morgan fingerprint density at radius 2 is 1.75 bits per heavy atom. The van der Waals surface area contributed by atoms with E-state index in [9.17, 15) is 0 Å². The van der Waals surface area contributed by atoms with Gasteiger partial charge in [0, 0.05) is 39.5 Å². The molecular formula is C31H38N6O3. The van der Waals surface area contributed by atoms with Crippen LogP contribution in [0.3, 0.4) is 0 Å². The fourth-order valence-corrected chi connectivity index (χ4v) is 5.66. The van der Waals surface area contributed by atoms with Crippen LogP contribution in [0.1, 0.15) is 36.8 Å². The first-order valence-corrected chi connectivity index (χ1v) is 14.3. The third-order valence-corrected chi connectivity index (χ3v) is 7.99. The van der Waals surface area contributed by atoms with E-state index in [-0.39, 0.29) is 11.5 Å². The van der Waals surface area contributed by atoms with E-state index in [4.69, 9.17) is 24.6 Å². The summed E-state index contributed by atoms with van der Waals surface area (Å²) >= 11 is 0. The molecular weight excluding hydrogens is 504 g/mol. The maximum absolute atomic E-state index is 8.43. The highest BCUT2D eigenvalue weighted by atomic mass is 16.5. The van der Waals surface area contributed by atoms with Crippen molar-refractivity contribution in [1.82, 2.24) is 14.9 Å². The molecule has 1 unspecified atom stereocenters. The fourth-order valence-electron chi connectivity index (χ4n) is 5.66. The van der Waals surface area contributed by atoms with Crippen LogP contribution in [0.4, 0.5) is 11.5 Å². The lowest BCUT2D eigenvalue weighted by molar-refractivity contribution is 0.0482. The first kappa shape index (κ1) is 26.7. The summed E-state index contributed by atoms with van der Waals surface area (Å²) < 4.78 is 17.2. The van der Waals surface area contributed by atoms with Crippen LogP contribution in [-0.4, -0.2) is 61.2 Å². The van der Waals surface area contributed by atoms with Gasteiger partial charge in [0.05, 0.1) is 12.3 Å². The Kier molecular flexibility index (Phi) is 8.22. The van der Waals surface area contributed by atoms with Gasteiger partial charge in [-0.15, -0.1) is 0 Å². The van der Waals surface area contributed by atoms with Crippen LogP contribution >= 0.6 is 0 Å². The fraction of sp³-hybridized carbons (Fsp3) is 0.452. The molecule has 1 atom stereocenters. The molecule has 2 fully saturated rings. The number of nitrogens with zero attached hydrogens (tertiary/aromatic N) is 4. The van der Waals surface area contributed by atoms with Crippen molar-refractivity contribution in [2.75, 3.05) is 50.2 Å². The predicted molar refractivity (Wildman–Crippen MR) is 154 cm³/mol. The molecule has 0 spiro atoms. The summed E-state index contributed by atoms with van der Waals surface area (Å²) in [6.07, 6.45) is 4.06. The standard InChI is InChI=1S/C31H38N6O3/c1-38-31-33-27-18-28(34-30(35-29(27)32)40-21-23-11-15-39-16-12-23)37(31)20-22-7-9-25(10-8-22)26-6-4-5-24(17-26)19-36-13-2-3-14-36/h4-10,17-18,23,31-33H,2-3,11-16,19-21H2,1H3. The summed E-state index contributed by atoms with van der Waals surface area (Å²) in [5.41, 5.74) is 5.57. The van der Waals surface area contributed by atoms with Crippen molar-refractivity contribution >= 4 is 11.5 Å². The van der Waals surface area contributed by atoms with Gasteiger partial charge >= 0.3 is 6.01 Å². The molecule has 210 valence electrons.